The first-order valence-electron chi connectivity index (χ1n) is 11.0. The van der Waals surface area contributed by atoms with E-state index in [9.17, 15) is 12.8 Å². The molecule has 1 saturated heterocycles. The lowest BCUT2D eigenvalue weighted by molar-refractivity contribution is 0.297. The molecule has 1 aromatic carbocycles. The van der Waals surface area contributed by atoms with Crippen molar-refractivity contribution in [3.63, 3.8) is 0 Å². The van der Waals surface area contributed by atoms with E-state index in [1.807, 2.05) is 24.9 Å². The number of rotatable bonds is 5. The molecule has 12 heteroatoms. The number of aryl methyl sites for hydroxylation is 1. The van der Waals surface area contributed by atoms with Gasteiger partial charge in [0.05, 0.1) is 18.2 Å². The smallest absolute Gasteiger partial charge is 0.256 e. The van der Waals surface area contributed by atoms with Gasteiger partial charge in [-0.3, -0.25) is 0 Å². The maximum absolute atomic E-state index is 13.9. The summed E-state index contributed by atoms with van der Waals surface area (Å²) in [6.45, 7) is 7.23. The molecule has 10 nitrogen and oxygen atoms in total. The maximum Gasteiger partial charge on any atom is 0.256 e. The highest BCUT2D eigenvalue weighted by Gasteiger charge is 2.29. The average Bonchev–Trinajstić information content (AvgIpc) is 3.20. The molecule has 0 unspecified atom stereocenters. The van der Waals surface area contributed by atoms with Crippen LogP contribution in [0.5, 0.6) is 5.75 Å². The number of methoxy groups -OCH3 is 1. The third kappa shape index (κ3) is 4.76. The van der Waals surface area contributed by atoms with Crippen LogP contribution in [0.2, 0.25) is 0 Å². The number of piperazine rings is 1. The number of hydrogen-bond donors (Lipinski definition) is 2. The summed E-state index contributed by atoms with van der Waals surface area (Å²) in [7, 11) is -2.32. The average molecular weight is 490 g/mol. The zero-order chi connectivity index (χ0) is 24.5. The molecule has 3 aromatic rings. The number of hydrogen-bond acceptors (Lipinski definition) is 6. The molecule has 0 saturated carbocycles. The third-order valence-electron chi connectivity index (χ3n) is 5.84. The number of nitrogens with zero attached hydrogens (tertiary/aromatic N) is 5. The van der Waals surface area contributed by atoms with Crippen LogP contribution in [0.3, 0.4) is 0 Å². The van der Waals surface area contributed by atoms with Crippen LogP contribution in [0.15, 0.2) is 35.1 Å². The molecule has 3 heterocycles. The summed E-state index contributed by atoms with van der Waals surface area (Å²) in [6.07, 6.45) is 3.44. The number of halogens is 1. The zero-order valence-electron chi connectivity index (χ0n) is 19.5. The molecular weight excluding hydrogens is 461 g/mol. The molecule has 0 spiro atoms. The minimum absolute atomic E-state index is 0.0511. The molecule has 1 aliphatic rings. The second kappa shape index (κ2) is 9.45. The maximum atomic E-state index is 13.9. The summed E-state index contributed by atoms with van der Waals surface area (Å²) >= 11 is 0. The van der Waals surface area contributed by atoms with Crippen molar-refractivity contribution in [2.45, 2.75) is 26.8 Å². The van der Waals surface area contributed by atoms with Crippen LogP contribution in [0.4, 0.5) is 15.9 Å². The largest absolute Gasteiger partial charge is 0.494 e. The Morgan fingerprint density at radius 2 is 2.15 bits per heavy atom. The Labute approximate surface area is 197 Å². The van der Waals surface area contributed by atoms with E-state index in [1.165, 1.54) is 38.6 Å². The molecule has 0 aliphatic carbocycles. The second-order valence-electron chi connectivity index (χ2n) is 8.14. The lowest BCUT2D eigenvalue weighted by atomic mass is 10.1. The Kier molecular flexibility index (Phi) is 6.60. The minimum atomic E-state index is -3.69. The summed E-state index contributed by atoms with van der Waals surface area (Å²) in [5, 5.41) is 4.04. The van der Waals surface area contributed by atoms with E-state index >= 15 is 0 Å². The van der Waals surface area contributed by atoms with Gasteiger partial charge < -0.3 is 24.8 Å². The van der Waals surface area contributed by atoms with Crippen LogP contribution in [-0.2, 0) is 10.0 Å². The molecule has 0 bridgehead atoms. The number of aromatic nitrogens is 3. The summed E-state index contributed by atoms with van der Waals surface area (Å²) in [6, 6.07) is 4.14. The first-order chi connectivity index (χ1) is 16.2. The fraction of sp³-hybridized carbons (Fsp3) is 0.409. The molecule has 4 rings (SSSR count). The molecule has 34 heavy (non-hydrogen) atoms. The van der Waals surface area contributed by atoms with Crippen molar-refractivity contribution in [3.05, 3.63) is 42.1 Å². The summed E-state index contributed by atoms with van der Waals surface area (Å²) in [5.41, 5.74) is 2.31. The lowest BCUT2D eigenvalue weighted by Gasteiger charge is -2.42. The molecule has 0 amide bonds. The van der Waals surface area contributed by atoms with Crippen LogP contribution in [0.25, 0.3) is 11.0 Å². The fourth-order valence-electron chi connectivity index (χ4n) is 4.01. The number of H-pyrrole nitrogens is 1. The first-order valence-corrected chi connectivity index (χ1v) is 12.6. The topological polar surface area (TPSA) is 116 Å². The van der Waals surface area contributed by atoms with Crippen LogP contribution in [0.1, 0.15) is 19.4 Å². The van der Waals surface area contributed by atoms with Crippen LogP contribution in [-0.4, -0.2) is 72.8 Å². The first kappa shape index (κ1) is 23.7. The molecule has 0 radical (unpaired) electrons. The van der Waals surface area contributed by atoms with Crippen LogP contribution >= 0.6 is 0 Å². The molecule has 182 valence electrons. The number of fused-ring (bicyclic) bond motifs is 1. The monoisotopic (exact) mass is 489 g/mol. The molecule has 1 atom stereocenters. The number of ether oxygens (including phenoxy) is 1. The Morgan fingerprint density at radius 1 is 1.35 bits per heavy atom. The predicted octanol–water partition coefficient (Wildman–Crippen LogP) is 2.74. The number of guanidine groups is 1. The summed E-state index contributed by atoms with van der Waals surface area (Å²) in [5.74, 6) is 0.436. The quantitative estimate of drug-likeness (QED) is 0.415. The Hall–Kier alpha value is -3.41. The number of benzene rings is 1. The fourth-order valence-corrected chi connectivity index (χ4v) is 4.56. The van der Waals surface area contributed by atoms with E-state index in [2.05, 4.69) is 29.6 Å². The van der Waals surface area contributed by atoms with Gasteiger partial charge in [0.25, 0.3) is 10.0 Å². The van der Waals surface area contributed by atoms with Crippen LogP contribution in [0, 0.1) is 12.7 Å². The normalized spacial score (nSPS) is 17.3. The predicted molar refractivity (Wildman–Crippen MR) is 130 cm³/mol. The minimum Gasteiger partial charge on any atom is -0.494 e. The van der Waals surface area contributed by atoms with E-state index in [-0.39, 0.29) is 23.5 Å². The van der Waals surface area contributed by atoms with Gasteiger partial charge in [-0.2, -0.15) is 0 Å². The highest BCUT2D eigenvalue weighted by atomic mass is 32.2. The van der Waals surface area contributed by atoms with Crippen molar-refractivity contribution in [2.24, 2.45) is 4.40 Å². The van der Waals surface area contributed by atoms with E-state index in [4.69, 9.17) is 4.74 Å². The molecule has 1 fully saturated rings. The van der Waals surface area contributed by atoms with E-state index < -0.39 is 15.8 Å². The van der Waals surface area contributed by atoms with Gasteiger partial charge in [0.15, 0.2) is 11.6 Å². The number of sulfonamides is 1. The molecule has 2 N–H and O–H groups in total. The van der Waals surface area contributed by atoms with Crippen molar-refractivity contribution in [1.82, 2.24) is 19.9 Å². The number of aromatic amines is 1. The molecule has 2 aromatic heterocycles. The van der Waals surface area contributed by atoms with E-state index in [0.29, 0.717) is 25.3 Å². The Balaban J connectivity index is 1.62. The third-order valence-corrected chi connectivity index (χ3v) is 7.02. The molecule has 1 aliphatic heterocycles. The van der Waals surface area contributed by atoms with Gasteiger partial charge in [0.1, 0.15) is 17.8 Å². The highest BCUT2D eigenvalue weighted by molar-refractivity contribution is 7.90. The van der Waals surface area contributed by atoms with Gasteiger partial charge in [-0.1, -0.05) is 0 Å². The van der Waals surface area contributed by atoms with Crippen molar-refractivity contribution >= 4 is 38.5 Å². The van der Waals surface area contributed by atoms with Gasteiger partial charge in [0, 0.05) is 43.6 Å². The van der Waals surface area contributed by atoms with Crippen molar-refractivity contribution in [2.75, 3.05) is 42.7 Å². The lowest BCUT2D eigenvalue weighted by Crippen LogP contribution is -2.56. The summed E-state index contributed by atoms with van der Waals surface area (Å²) < 4.78 is 47.8. The highest BCUT2D eigenvalue weighted by Crippen LogP contribution is 2.28. The van der Waals surface area contributed by atoms with Crippen LogP contribution < -0.4 is 15.0 Å². The van der Waals surface area contributed by atoms with E-state index in [0.717, 1.165) is 22.4 Å². The van der Waals surface area contributed by atoms with E-state index in [1.54, 1.807) is 0 Å². The van der Waals surface area contributed by atoms with Gasteiger partial charge in [-0.15, -0.1) is 4.40 Å². The van der Waals surface area contributed by atoms with Gasteiger partial charge in [-0.25, -0.2) is 22.8 Å². The van der Waals surface area contributed by atoms with Crippen molar-refractivity contribution in [1.29, 1.82) is 0 Å². The van der Waals surface area contributed by atoms with Gasteiger partial charge in [-0.05, 0) is 38.5 Å². The summed E-state index contributed by atoms with van der Waals surface area (Å²) in [4.78, 5) is 16.0. The standard InChI is InChI=1S/C22H28FN7O3S/c1-5-34(31,32)28-22(27-16-6-7-17(23)18(10-16)33-4)30-9-8-29(12-15(30)3)21-19-14(2)11-24-20(19)25-13-26-21/h6-7,10-11,13,15H,5,8-9,12H2,1-4H3,(H,27,28)(H,24,25,26)/t15-/m0/s1. The van der Waals surface area contributed by atoms with Crippen molar-refractivity contribution < 1.29 is 17.5 Å². The van der Waals surface area contributed by atoms with Crippen molar-refractivity contribution in [3.8, 4) is 5.75 Å². The SMILES string of the molecule is CCS(=O)(=O)N=C(Nc1ccc(F)c(OC)c1)N1CCN(c2ncnc3[nH]cc(C)c23)C[C@@H]1C. The number of anilines is 2. The van der Waals surface area contributed by atoms with Gasteiger partial charge >= 0.3 is 0 Å². The zero-order valence-corrected chi connectivity index (χ0v) is 20.4. The van der Waals surface area contributed by atoms with Gasteiger partial charge in [0.2, 0.25) is 5.96 Å². The number of nitrogens with one attached hydrogen (secondary N) is 2. The Morgan fingerprint density at radius 3 is 2.85 bits per heavy atom. The molecular formula is C22H28FN7O3S. The Bertz CT molecular complexity index is 1330. The second-order valence-corrected chi connectivity index (χ2v) is 10.1.